The molecule has 7 heteroatoms. The fraction of sp³-hybridized carbons (Fsp3) is 0.462. The van der Waals surface area contributed by atoms with Crippen molar-refractivity contribution in [3.8, 4) is 11.5 Å². The van der Waals surface area contributed by atoms with Crippen LogP contribution in [0.2, 0.25) is 0 Å². The molecule has 2 aromatic carbocycles. The number of ether oxygens (including phenoxy) is 3. The molecule has 33 heavy (non-hydrogen) atoms. The highest BCUT2D eigenvalue weighted by Gasteiger charge is 2.32. The van der Waals surface area contributed by atoms with Crippen LogP contribution < -0.4 is 14.8 Å². The van der Waals surface area contributed by atoms with E-state index >= 15 is 0 Å². The molecule has 0 saturated heterocycles. The van der Waals surface area contributed by atoms with E-state index in [2.05, 4.69) is 19.2 Å². The first-order valence-corrected chi connectivity index (χ1v) is 11.4. The van der Waals surface area contributed by atoms with E-state index in [1.807, 2.05) is 41.3 Å². The Morgan fingerprint density at radius 3 is 2.36 bits per heavy atom. The second kappa shape index (κ2) is 11.2. The molecule has 1 aliphatic rings. The number of benzene rings is 2. The molecule has 0 fully saturated rings. The first kappa shape index (κ1) is 24.6. The lowest BCUT2D eigenvalue weighted by Crippen LogP contribution is -2.41. The van der Waals surface area contributed by atoms with Crippen LogP contribution in [0.5, 0.6) is 11.5 Å². The fourth-order valence-corrected chi connectivity index (χ4v) is 4.22. The van der Waals surface area contributed by atoms with Gasteiger partial charge in [-0.15, -0.1) is 0 Å². The summed E-state index contributed by atoms with van der Waals surface area (Å²) in [5.74, 6) is 1.27. The van der Waals surface area contributed by atoms with Crippen molar-refractivity contribution in [2.75, 3.05) is 39.2 Å². The summed E-state index contributed by atoms with van der Waals surface area (Å²) in [5, 5.41) is 2.98. The van der Waals surface area contributed by atoms with Crippen LogP contribution in [0.25, 0.3) is 0 Å². The number of esters is 1. The highest BCUT2D eigenvalue weighted by atomic mass is 16.5. The van der Waals surface area contributed by atoms with Crippen molar-refractivity contribution in [3.05, 3.63) is 53.1 Å². The number of anilines is 1. The Bertz CT molecular complexity index is 971. The molecule has 7 nitrogen and oxygen atoms in total. The number of hydrogen-bond donors (Lipinski definition) is 1. The molecule has 1 amide bonds. The van der Waals surface area contributed by atoms with Gasteiger partial charge in [-0.05, 0) is 60.2 Å². The highest BCUT2D eigenvalue weighted by Crippen LogP contribution is 2.39. The summed E-state index contributed by atoms with van der Waals surface area (Å²) >= 11 is 0. The molecule has 2 aromatic rings. The molecule has 0 spiro atoms. The minimum absolute atomic E-state index is 0.120. The lowest BCUT2D eigenvalue weighted by Gasteiger charge is -2.37. The van der Waals surface area contributed by atoms with Crippen molar-refractivity contribution in [2.24, 2.45) is 0 Å². The van der Waals surface area contributed by atoms with Crippen LogP contribution in [0.3, 0.4) is 0 Å². The summed E-state index contributed by atoms with van der Waals surface area (Å²) in [6, 6.07) is 11.5. The van der Waals surface area contributed by atoms with E-state index in [-0.39, 0.29) is 30.9 Å². The van der Waals surface area contributed by atoms with E-state index in [4.69, 9.17) is 14.2 Å². The van der Waals surface area contributed by atoms with Gasteiger partial charge in [0, 0.05) is 18.3 Å². The van der Waals surface area contributed by atoms with Gasteiger partial charge in [0.1, 0.15) is 0 Å². The molecule has 0 radical (unpaired) electrons. The lowest BCUT2D eigenvalue weighted by molar-refractivity contribution is -0.145. The zero-order valence-corrected chi connectivity index (χ0v) is 20.1. The standard InChI is InChI=1S/C26H34N2O5/c1-6-33-26(30)15-22-21-14-24(32-5)23(31-4)13-19(21)11-12-28(22)16-25(29)27-20-9-7-18(8-10-20)17(2)3/h7-10,13-14,17,22H,6,11-12,15-16H2,1-5H3,(H,27,29)/t22-/m0/s1. The Kier molecular flexibility index (Phi) is 8.33. The molecule has 0 unspecified atom stereocenters. The van der Waals surface area contributed by atoms with Crippen molar-refractivity contribution < 1.29 is 23.8 Å². The maximum Gasteiger partial charge on any atom is 0.307 e. The average molecular weight is 455 g/mol. The Morgan fingerprint density at radius 1 is 1.09 bits per heavy atom. The molecule has 1 aliphatic heterocycles. The van der Waals surface area contributed by atoms with Crippen LogP contribution in [0.15, 0.2) is 36.4 Å². The first-order valence-electron chi connectivity index (χ1n) is 11.4. The molecule has 0 saturated carbocycles. The molecule has 178 valence electrons. The second-order valence-corrected chi connectivity index (χ2v) is 8.48. The Labute approximate surface area is 196 Å². The molecular formula is C26H34N2O5. The van der Waals surface area contributed by atoms with E-state index in [1.54, 1.807) is 21.1 Å². The smallest absolute Gasteiger partial charge is 0.307 e. The lowest BCUT2D eigenvalue weighted by atomic mass is 9.90. The van der Waals surface area contributed by atoms with Gasteiger partial charge in [-0.2, -0.15) is 0 Å². The third-order valence-electron chi connectivity index (χ3n) is 5.99. The normalized spacial score (nSPS) is 15.6. The van der Waals surface area contributed by atoms with Crippen LogP contribution in [0.4, 0.5) is 5.69 Å². The zero-order valence-electron chi connectivity index (χ0n) is 20.1. The van der Waals surface area contributed by atoms with Crippen LogP contribution in [0.1, 0.15) is 55.8 Å². The number of fused-ring (bicyclic) bond motifs is 1. The third-order valence-corrected chi connectivity index (χ3v) is 5.99. The average Bonchev–Trinajstić information content (AvgIpc) is 2.80. The predicted molar refractivity (Wildman–Crippen MR) is 128 cm³/mol. The van der Waals surface area contributed by atoms with Crippen molar-refractivity contribution in [1.29, 1.82) is 0 Å². The van der Waals surface area contributed by atoms with Gasteiger partial charge in [-0.1, -0.05) is 26.0 Å². The Hall–Kier alpha value is -3.06. The molecule has 0 bridgehead atoms. The Morgan fingerprint density at radius 2 is 1.76 bits per heavy atom. The largest absolute Gasteiger partial charge is 0.493 e. The summed E-state index contributed by atoms with van der Waals surface area (Å²) in [7, 11) is 3.19. The number of nitrogens with one attached hydrogen (secondary N) is 1. The molecule has 3 rings (SSSR count). The van der Waals surface area contributed by atoms with E-state index < -0.39 is 0 Å². The van der Waals surface area contributed by atoms with Crippen molar-refractivity contribution in [2.45, 2.75) is 45.6 Å². The topological polar surface area (TPSA) is 77.1 Å². The van der Waals surface area contributed by atoms with Gasteiger partial charge in [-0.25, -0.2) is 0 Å². The van der Waals surface area contributed by atoms with Gasteiger partial charge in [0.15, 0.2) is 11.5 Å². The van der Waals surface area contributed by atoms with Crippen LogP contribution in [0, 0.1) is 0 Å². The van der Waals surface area contributed by atoms with Gasteiger partial charge in [0.2, 0.25) is 5.91 Å². The third kappa shape index (κ3) is 6.05. The zero-order chi connectivity index (χ0) is 24.0. The van der Waals surface area contributed by atoms with Gasteiger partial charge < -0.3 is 19.5 Å². The predicted octanol–water partition coefficient (Wildman–Crippen LogP) is 4.32. The number of rotatable bonds is 9. The van der Waals surface area contributed by atoms with Gasteiger partial charge in [0.25, 0.3) is 0 Å². The van der Waals surface area contributed by atoms with E-state index in [1.165, 1.54) is 5.56 Å². The molecule has 1 heterocycles. The van der Waals surface area contributed by atoms with E-state index in [9.17, 15) is 9.59 Å². The number of methoxy groups -OCH3 is 2. The van der Waals surface area contributed by atoms with Crippen LogP contribution >= 0.6 is 0 Å². The van der Waals surface area contributed by atoms with Crippen LogP contribution in [-0.4, -0.2) is 50.7 Å². The number of hydrogen-bond acceptors (Lipinski definition) is 6. The summed E-state index contributed by atoms with van der Waals surface area (Å²) in [4.78, 5) is 27.3. The first-order chi connectivity index (χ1) is 15.9. The molecule has 0 aromatic heterocycles. The van der Waals surface area contributed by atoms with Crippen LogP contribution in [-0.2, 0) is 20.7 Å². The minimum atomic E-state index is -0.292. The molecule has 1 N–H and O–H groups in total. The molecular weight excluding hydrogens is 420 g/mol. The van der Waals surface area contributed by atoms with Crippen molar-refractivity contribution in [1.82, 2.24) is 4.90 Å². The van der Waals surface area contributed by atoms with Gasteiger partial charge in [0.05, 0.1) is 33.8 Å². The van der Waals surface area contributed by atoms with E-state index in [0.29, 0.717) is 30.6 Å². The molecule has 0 aliphatic carbocycles. The van der Waals surface area contributed by atoms with Gasteiger partial charge >= 0.3 is 5.97 Å². The summed E-state index contributed by atoms with van der Waals surface area (Å²) < 4.78 is 16.1. The fourth-order valence-electron chi connectivity index (χ4n) is 4.22. The minimum Gasteiger partial charge on any atom is -0.493 e. The maximum atomic E-state index is 12.9. The number of carbonyl (C=O) groups excluding carboxylic acids is 2. The maximum absolute atomic E-state index is 12.9. The number of amides is 1. The van der Waals surface area contributed by atoms with Crippen molar-refractivity contribution in [3.63, 3.8) is 0 Å². The SMILES string of the molecule is CCOC(=O)C[C@H]1c2cc(OC)c(OC)cc2CCN1CC(=O)Nc1ccc(C(C)C)cc1. The number of nitrogens with zero attached hydrogens (tertiary/aromatic N) is 1. The summed E-state index contributed by atoms with van der Waals surface area (Å²) in [6.07, 6.45) is 0.901. The monoisotopic (exact) mass is 454 g/mol. The van der Waals surface area contributed by atoms with Gasteiger partial charge in [-0.3, -0.25) is 14.5 Å². The second-order valence-electron chi connectivity index (χ2n) is 8.48. The number of carbonyl (C=O) groups is 2. The Balaban J connectivity index is 1.81. The summed E-state index contributed by atoms with van der Waals surface area (Å²) in [6.45, 7) is 7.19. The van der Waals surface area contributed by atoms with Crippen molar-refractivity contribution >= 4 is 17.6 Å². The molecule has 1 atom stereocenters. The van der Waals surface area contributed by atoms with E-state index in [0.717, 1.165) is 23.2 Å². The highest BCUT2D eigenvalue weighted by molar-refractivity contribution is 5.92. The quantitative estimate of drug-likeness (QED) is 0.569. The summed E-state index contributed by atoms with van der Waals surface area (Å²) in [5.41, 5.74) is 4.03.